The van der Waals surface area contributed by atoms with Gasteiger partial charge in [-0.3, -0.25) is 4.79 Å². The van der Waals surface area contributed by atoms with Crippen molar-refractivity contribution in [1.82, 2.24) is 0 Å². The van der Waals surface area contributed by atoms with Gasteiger partial charge in [0.1, 0.15) is 12.0 Å². The number of halogens is 1. The molecule has 24 heavy (non-hydrogen) atoms. The zero-order chi connectivity index (χ0) is 17.1. The molecule has 2 N–H and O–H groups in total. The van der Waals surface area contributed by atoms with Gasteiger partial charge in [-0.15, -0.1) is 0 Å². The van der Waals surface area contributed by atoms with Crippen LogP contribution in [0.2, 0.25) is 5.02 Å². The van der Waals surface area contributed by atoms with Crippen molar-refractivity contribution in [3.8, 4) is 0 Å². The molecule has 2 aliphatic rings. The molecule has 0 bridgehead atoms. The van der Waals surface area contributed by atoms with E-state index in [1.165, 1.54) is 6.21 Å². The molecule has 0 amide bonds. The van der Waals surface area contributed by atoms with Crippen molar-refractivity contribution in [2.24, 2.45) is 5.92 Å². The van der Waals surface area contributed by atoms with Gasteiger partial charge in [-0.05, 0) is 55.2 Å². The topological polar surface area (TPSA) is 62.2 Å². The molecule has 0 radical (unpaired) electrons. The number of nitrogens with one attached hydrogen (secondary N) is 2. The summed E-state index contributed by atoms with van der Waals surface area (Å²) in [4.78, 5) is 12.0. The molecule has 1 saturated heterocycles. The van der Waals surface area contributed by atoms with E-state index >= 15 is 0 Å². The second-order valence-electron chi connectivity index (χ2n) is 6.93. The Morgan fingerprint density at radius 1 is 1.33 bits per heavy atom. The zero-order valence-electron chi connectivity index (χ0n) is 14.1. The number of rotatable bonds is 4. The van der Waals surface area contributed by atoms with Crippen LogP contribution < -0.4 is 5.32 Å². The first kappa shape index (κ1) is 17.4. The van der Waals surface area contributed by atoms with Crippen LogP contribution in [0.25, 0.3) is 0 Å². The smallest absolute Gasteiger partial charge is 0.133 e. The van der Waals surface area contributed by atoms with E-state index < -0.39 is 0 Å². The number of hydrogen-bond acceptors (Lipinski definition) is 4. The first-order valence-corrected chi connectivity index (χ1v) is 9.20. The van der Waals surface area contributed by atoms with Gasteiger partial charge < -0.3 is 15.5 Å². The lowest BCUT2D eigenvalue weighted by Gasteiger charge is -2.32. The van der Waals surface area contributed by atoms with Gasteiger partial charge >= 0.3 is 0 Å². The molecule has 1 aliphatic carbocycles. The first-order valence-electron chi connectivity index (χ1n) is 8.83. The van der Waals surface area contributed by atoms with Crippen LogP contribution in [0.1, 0.15) is 62.5 Å². The standard InChI is InChI=1S/C19H25ClN2O2/c1-12-5-6-13(23)10-14(12)19-15(11-21)17(8-7-16(19)20)22-18-4-2-3-9-24-18/h7-8,11-12,14,18,21-22H,2-6,9-10H2,1H3/t12-,14?,18?/m1/s1. The van der Waals surface area contributed by atoms with Crippen molar-refractivity contribution in [1.29, 1.82) is 5.41 Å². The number of carbonyl (C=O) groups is 1. The number of hydrogen-bond donors (Lipinski definition) is 2. The average Bonchev–Trinajstić information content (AvgIpc) is 2.59. The van der Waals surface area contributed by atoms with E-state index in [4.69, 9.17) is 21.7 Å². The largest absolute Gasteiger partial charge is 0.360 e. The van der Waals surface area contributed by atoms with Crippen LogP contribution in [0.4, 0.5) is 5.69 Å². The van der Waals surface area contributed by atoms with Crippen LogP contribution >= 0.6 is 11.6 Å². The molecular formula is C19H25ClN2O2. The maximum Gasteiger partial charge on any atom is 0.133 e. The van der Waals surface area contributed by atoms with Crippen LogP contribution in [0.3, 0.4) is 0 Å². The summed E-state index contributed by atoms with van der Waals surface area (Å²) >= 11 is 6.50. The second kappa shape index (κ2) is 7.66. The molecule has 0 aromatic heterocycles. The van der Waals surface area contributed by atoms with Crippen molar-refractivity contribution in [3.63, 3.8) is 0 Å². The van der Waals surface area contributed by atoms with E-state index in [1.807, 2.05) is 12.1 Å². The maximum absolute atomic E-state index is 12.0. The number of benzene rings is 1. The lowest BCUT2D eigenvalue weighted by atomic mass is 9.74. The van der Waals surface area contributed by atoms with Crippen molar-refractivity contribution in [2.45, 2.75) is 57.6 Å². The molecular weight excluding hydrogens is 324 g/mol. The van der Waals surface area contributed by atoms with Gasteiger partial charge in [0.25, 0.3) is 0 Å². The fraction of sp³-hybridized carbons (Fsp3) is 0.579. The Hall–Kier alpha value is -1.39. The highest BCUT2D eigenvalue weighted by Crippen LogP contribution is 2.42. The first-order chi connectivity index (χ1) is 11.6. The Morgan fingerprint density at radius 3 is 2.88 bits per heavy atom. The molecule has 3 rings (SSSR count). The third-order valence-corrected chi connectivity index (χ3v) is 5.59. The highest BCUT2D eigenvalue weighted by Gasteiger charge is 2.31. The van der Waals surface area contributed by atoms with Gasteiger partial charge in [0, 0.05) is 41.9 Å². The molecule has 0 spiro atoms. The summed E-state index contributed by atoms with van der Waals surface area (Å²) in [6.07, 6.45) is 6.62. The minimum Gasteiger partial charge on any atom is -0.360 e. The number of Topliss-reactive ketones (excluding diaryl/α,β-unsaturated/α-hetero) is 1. The summed E-state index contributed by atoms with van der Waals surface area (Å²) in [5, 5.41) is 12.0. The Balaban J connectivity index is 1.94. The summed E-state index contributed by atoms with van der Waals surface area (Å²) < 4.78 is 5.76. The Kier molecular flexibility index (Phi) is 5.57. The Bertz CT molecular complexity index is 626. The molecule has 1 aliphatic heterocycles. The van der Waals surface area contributed by atoms with Crippen LogP contribution in [0.15, 0.2) is 12.1 Å². The van der Waals surface area contributed by atoms with Crippen molar-refractivity contribution < 1.29 is 9.53 Å². The number of anilines is 1. The Morgan fingerprint density at radius 2 is 2.17 bits per heavy atom. The number of carbonyl (C=O) groups excluding carboxylic acids is 1. The molecule has 2 unspecified atom stereocenters. The molecule has 1 heterocycles. The number of ketones is 1. The molecule has 2 fully saturated rings. The van der Waals surface area contributed by atoms with E-state index in [0.29, 0.717) is 29.6 Å². The average molecular weight is 349 g/mol. The quantitative estimate of drug-likeness (QED) is 0.772. The van der Waals surface area contributed by atoms with Crippen molar-refractivity contribution >= 4 is 29.3 Å². The summed E-state index contributed by atoms with van der Waals surface area (Å²) in [7, 11) is 0. The number of ether oxygens (including phenoxy) is 1. The van der Waals surface area contributed by atoms with Gasteiger partial charge in [-0.1, -0.05) is 18.5 Å². The molecule has 5 heteroatoms. The van der Waals surface area contributed by atoms with E-state index in [9.17, 15) is 4.79 Å². The molecule has 1 aromatic carbocycles. The molecule has 1 saturated carbocycles. The summed E-state index contributed by atoms with van der Waals surface area (Å²) in [6.45, 7) is 2.94. The molecule has 4 nitrogen and oxygen atoms in total. The summed E-state index contributed by atoms with van der Waals surface area (Å²) in [5.41, 5.74) is 2.61. The molecule has 3 atom stereocenters. The van der Waals surface area contributed by atoms with Gasteiger partial charge in [0.15, 0.2) is 0 Å². The van der Waals surface area contributed by atoms with Crippen molar-refractivity contribution in [2.75, 3.05) is 11.9 Å². The molecule has 1 aromatic rings. The van der Waals surface area contributed by atoms with Gasteiger partial charge in [0.2, 0.25) is 0 Å². The predicted octanol–water partition coefficient (Wildman–Crippen LogP) is 4.75. The fourth-order valence-electron chi connectivity index (χ4n) is 3.82. The third kappa shape index (κ3) is 3.65. The van der Waals surface area contributed by atoms with Crippen LogP contribution in [-0.4, -0.2) is 24.8 Å². The van der Waals surface area contributed by atoms with Crippen LogP contribution in [-0.2, 0) is 9.53 Å². The predicted molar refractivity (Wildman–Crippen MR) is 97.3 cm³/mol. The lowest BCUT2D eigenvalue weighted by molar-refractivity contribution is -0.121. The summed E-state index contributed by atoms with van der Waals surface area (Å²) in [6, 6.07) is 3.79. The summed E-state index contributed by atoms with van der Waals surface area (Å²) in [5.74, 6) is 0.767. The highest BCUT2D eigenvalue weighted by atomic mass is 35.5. The van der Waals surface area contributed by atoms with Crippen LogP contribution in [0, 0.1) is 11.3 Å². The van der Waals surface area contributed by atoms with Crippen LogP contribution in [0.5, 0.6) is 0 Å². The van der Waals surface area contributed by atoms with E-state index in [-0.39, 0.29) is 12.1 Å². The third-order valence-electron chi connectivity index (χ3n) is 5.26. The minimum atomic E-state index is -0.0168. The minimum absolute atomic E-state index is 0.0168. The normalized spacial score (nSPS) is 27.8. The second-order valence-corrected chi connectivity index (χ2v) is 7.34. The van der Waals surface area contributed by atoms with Crippen molar-refractivity contribution in [3.05, 3.63) is 28.3 Å². The monoisotopic (exact) mass is 348 g/mol. The maximum atomic E-state index is 12.0. The van der Waals surface area contributed by atoms with Gasteiger partial charge in [-0.2, -0.15) is 0 Å². The van der Waals surface area contributed by atoms with Gasteiger partial charge in [-0.25, -0.2) is 0 Å². The lowest BCUT2D eigenvalue weighted by Crippen LogP contribution is -2.28. The van der Waals surface area contributed by atoms with E-state index in [2.05, 4.69) is 12.2 Å². The molecule has 130 valence electrons. The zero-order valence-corrected chi connectivity index (χ0v) is 14.9. The highest BCUT2D eigenvalue weighted by molar-refractivity contribution is 6.32. The van der Waals surface area contributed by atoms with E-state index in [1.54, 1.807) is 0 Å². The SMILES string of the molecule is C[C@@H]1CCC(=O)CC1c1c(Cl)ccc(NC2CCCCO2)c1C=N. The fourth-order valence-corrected chi connectivity index (χ4v) is 4.13. The van der Waals surface area contributed by atoms with Gasteiger partial charge in [0.05, 0.1) is 0 Å². The van der Waals surface area contributed by atoms with E-state index in [0.717, 1.165) is 49.1 Å². The Labute approximate surface area is 148 Å².